The topological polar surface area (TPSA) is 71.8 Å². The molecule has 2 aromatic heterocycles. The summed E-state index contributed by atoms with van der Waals surface area (Å²) in [5.41, 5.74) is 3.43. The van der Waals surface area contributed by atoms with Crippen LogP contribution in [0.5, 0.6) is 0 Å². The number of nitrogens with zero attached hydrogens (tertiary/aromatic N) is 3. The summed E-state index contributed by atoms with van der Waals surface area (Å²) < 4.78 is 1.81. The summed E-state index contributed by atoms with van der Waals surface area (Å²) >= 11 is 0. The monoisotopic (exact) mass is 313 g/mol. The van der Waals surface area contributed by atoms with Crippen molar-refractivity contribution >= 4 is 5.82 Å². The number of pyridine rings is 1. The van der Waals surface area contributed by atoms with E-state index in [4.69, 9.17) is 0 Å². The highest BCUT2D eigenvalue weighted by Crippen LogP contribution is 2.17. The third kappa shape index (κ3) is 3.76. The highest BCUT2D eigenvalue weighted by atomic mass is 16.1. The zero-order valence-electron chi connectivity index (χ0n) is 13.5. The van der Waals surface area contributed by atoms with Crippen molar-refractivity contribution in [2.45, 2.75) is 32.7 Å². The first-order chi connectivity index (χ1) is 11.3. The van der Waals surface area contributed by atoms with Gasteiger partial charge in [-0.15, -0.1) is 0 Å². The Kier molecular flexibility index (Phi) is 5.02. The van der Waals surface area contributed by atoms with Crippen LogP contribution in [0.15, 0.2) is 29.3 Å². The van der Waals surface area contributed by atoms with Gasteiger partial charge in [-0.05, 0) is 32.4 Å². The van der Waals surface area contributed by atoms with Crippen molar-refractivity contribution in [2.75, 3.05) is 25.0 Å². The molecule has 2 aromatic rings. The lowest BCUT2D eigenvalue weighted by Crippen LogP contribution is -2.22. The van der Waals surface area contributed by atoms with Gasteiger partial charge >= 0.3 is 0 Å². The molecule has 3 heterocycles. The second-order valence-corrected chi connectivity index (χ2v) is 5.83. The smallest absolute Gasteiger partial charge is 0.250 e. The normalized spacial score (nSPS) is 14.1. The number of hydrogen-bond donors (Lipinski definition) is 2. The van der Waals surface area contributed by atoms with Gasteiger partial charge in [-0.3, -0.25) is 4.79 Å². The molecule has 0 aromatic carbocycles. The molecule has 0 unspecified atom stereocenters. The Morgan fingerprint density at radius 1 is 1.26 bits per heavy atom. The van der Waals surface area contributed by atoms with Crippen LogP contribution < -0.4 is 16.2 Å². The summed E-state index contributed by atoms with van der Waals surface area (Å²) in [7, 11) is 0. The predicted molar refractivity (Wildman–Crippen MR) is 90.9 cm³/mol. The van der Waals surface area contributed by atoms with Gasteiger partial charge in [-0.1, -0.05) is 6.07 Å². The van der Waals surface area contributed by atoms with Crippen LogP contribution in [-0.4, -0.2) is 34.2 Å². The standard InChI is InChI=1S/C17H23N5O/c1-13-4-2-5-16(23)22(13)11-3-8-19-17-14-6-9-18-10-7-15(14)20-12-21-17/h2,4-5,12,18H,3,6-11H2,1H3,(H,19,20,21). The van der Waals surface area contributed by atoms with E-state index < -0.39 is 0 Å². The molecule has 1 aliphatic rings. The molecule has 23 heavy (non-hydrogen) atoms. The maximum absolute atomic E-state index is 11.8. The molecule has 0 fully saturated rings. The maximum Gasteiger partial charge on any atom is 0.250 e. The minimum atomic E-state index is 0.0620. The van der Waals surface area contributed by atoms with Gasteiger partial charge < -0.3 is 15.2 Å². The van der Waals surface area contributed by atoms with E-state index in [0.29, 0.717) is 6.54 Å². The molecule has 0 saturated heterocycles. The van der Waals surface area contributed by atoms with Crippen LogP contribution in [0.25, 0.3) is 0 Å². The Hall–Kier alpha value is -2.21. The van der Waals surface area contributed by atoms with Crippen molar-refractivity contribution in [3.8, 4) is 0 Å². The van der Waals surface area contributed by atoms with Crippen molar-refractivity contribution in [2.24, 2.45) is 0 Å². The van der Waals surface area contributed by atoms with E-state index in [1.54, 1.807) is 18.5 Å². The summed E-state index contributed by atoms with van der Waals surface area (Å²) in [6.45, 7) is 5.41. The first-order valence-corrected chi connectivity index (χ1v) is 8.19. The van der Waals surface area contributed by atoms with Crippen LogP contribution >= 0.6 is 0 Å². The largest absolute Gasteiger partial charge is 0.370 e. The Morgan fingerprint density at radius 3 is 3.00 bits per heavy atom. The van der Waals surface area contributed by atoms with Gasteiger partial charge in [0.1, 0.15) is 12.1 Å². The summed E-state index contributed by atoms with van der Waals surface area (Å²) in [6, 6.07) is 5.38. The number of fused-ring (bicyclic) bond motifs is 1. The molecular formula is C17H23N5O. The highest BCUT2D eigenvalue weighted by molar-refractivity contribution is 5.46. The molecule has 122 valence electrons. The molecule has 6 nitrogen and oxygen atoms in total. The number of hydrogen-bond acceptors (Lipinski definition) is 5. The van der Waals surface area contributed by atoms with Crippen molar-refractivity contribution in [1.82, 2.24) is 19.9 Å². The molecule has 0 aliphatic carbocycles. The van der Waals surface area contributed by atoms with Gasteiger partial charge in [-0.2, -0.15) is 0 Å². The fourth-order valence-corrected chi connectivity index (χ4v) is 2.98. The van der Waals surface area contributed by atoms with E-state index >= 15 is 0 Å². The van der Waals surface area contributed by atoms with E-state index in [1.807, 2.05) is 17.6 Å². The summed E-state index contributed by atoms with van der Waals surface area (Å²) in [5, 5.41) is 6.80. The quantitative estimate of drug-likeness (QED) is 0.810. The van der Waals surface area contributed by atoms with Gasteiger partial charge in [0.15, 0.2) is 0 Å². The second kappa shape index (κ2) is 7.37. The fraction of sp³-hybridized carbons (Fsp3) is 0.471. The summed E-state index contributed by atoms with van der Waals surface area (Å²) in [6.07, 6.45) is 4.42. The average Bonchev–Trinajstić information content (AvgIpc) is 2.79. The van der Waals surface area contributed by atoms with Crippen molar-refractivity contribution < 1.29 is 0 Å². The maximum atomic E-state index is 11.8. The third-order valence-corrected chi connectivity index (χ3v) is 4.24. The van der Waals surface area contributed by atoms with Gasteiger partial charge in [0.2, 0.25) is 0 Å². The van der Waals surface area contributed by atoms with Crippen molar-refractivity contribution in [3.05, 3.63) is 51.8 Å². The van der Waals surface area contributed by atoms with Crippen molar-refractivity contribution in [3.63, 3.8) is 0 Å². The van der Waals surface area contributed by atoms with Gasteiger partial charge in [0, 0.05) is 43.4 Å². The van der Waals surface area contributed by atoms with Gasteiger partial charge in [-0.25, -0.2) is 9.97 Å². The Labute approximate surface area is 136 Å². The van der Waals surface area contributed by atoms with E-state index in [-0.39, 0.29) is 5.56 Å². The highest BCUT2D eigenvalue weighted by Gasteiger charge is 2.13. The molecule has 3 rings (SSSR count). The molecule has 0 saturated carbocycles. The summed E-state index contributed by atoms with van der Waals surface area (Å²) in [4.78, 5) is 20.6. The first kappa shape index (κ1) is 15.7. The molecule has 0 spiro atoms. The van der Waals surface area contributed by atoms with E-state index in [9.17, 15) is 4.79 Å². The molecule has 6 heteroatoms. The molecule has 0 bridgehead atoms. The fourth-order valence-electron chi connectivity index (χ4n) is 2.98. The second-order valence-electron chi connectivity index (χ2n) is 5.83. The lowest BCUT2D eigenvalue weighted by molar-refractivity contribution is 0.621. The predicted octanol–water partition coefficient (Wildman–Crippen LogP) is 1.14. The Balaban J connectivity index is 1.60. The number of aryl methyl sites for hydroxylation is 1. The minimum Gasteiger partial charge on any atom is -0.370 e. The van der Waals surface area contributed by atoms with E-state index in [1.165, 1.54) is 5.56 Å². The average molecular weight is 313 g/mol. The number of nitrogens with one attached hydrogen (secondary N) is 2. The number of aromatic nitrogens is 3. The van der Waals surface area contributed by atoms with E-state index in [0.717, 1.165) is 56.1 Å². The molecule has 0 amide bonds. The van der Waals surface area contributed by atoms with Crippen LogP contribution in [-0.2, 0) is 19.4 Å². The lowest BCUT2D eigenvalue weighted by atomic mass is 10.1. The van der Waals surface area contributed by atoms with E-state index in [2.05, 4.69) is 20.6 Å². The zero-order valence-corrected chi connectivity index (χ0v) is 13.5. The minimum absolute atomic E-state index is 0.0620. The summed E-state index contributed by atoms with van der Waals surface area (Å²) in [5.74, 6) is 0.941. The van der Waals surface area contributed by atoms with Crippen LogP contribution in [0.3, 0.4) is 0 Å². The van der Waals surface area contributed by atoms with Crippen LogP contribution in [0.2, 0.25) is 0 Å². The molecule has 0 atom stereocenters. The molecule has 1 aliphatic heterocycles. The Morgan fingerprint density at radius 2 is 2.13 bits per heavy atom. The number of anilines is 1. The Bertz CT molecular complexity index is 725. The van der Waals surface area contributed by atoms with Gasteiger partial charge in [0.05, 0.1) is 5.69 Å². The molecule has 2 N–H and O–H groups in total. The third-order valence-electron chi connectivity index (χ3n) is 4.24. The lowest BCUT2D eigenvalue weighted by Gasteiger charge is -2.13. The van der Waals surface area contributed by atoms with Crippen LogP contribution in [0.1, 0.15) is 23.4 Å². The SMILES string of the molecule is Cc1cccc(=O)n1CCCNc1ncnc2c1CCNCC2. The van der Waals surface area contributed by atoms with Gasteiger partial charge in [0.25, 0.3) is 5.56 Å². The van der Waals surface area contributed by atoms with Crippen molar-refractivity contribution in [1.29, 1.82) is 0 Å². The van der Waals surface area contributed by atoms with Crippen LogP contribution in [0.4, 0.5) is 5.82 Å². The number of rotatable bonds is 5. The van der Waals surface area contributed by atoms with Crippen LogP contribution in [0, 0.1) is 6.92 Å². The molecular weight excluding hydrogens is 290 g/mol. The first-order valence-electron chi connectivity index (χ1n) is 8.19. The zero-order chi connectivity index (χ0) is 16.1. The molecule has 0 radical (unpaired) electrons.